The largest absolute Gasteiger partial charge is 0.480 e. The van der Waals surface area contributed by atoms with Crippen LogP contribution in [0.4, 0.5) is 10.6 Å². The van der Waals surface area contributed by atoms with Crippen LogP contribution in [0.15, 0.2) is 54.7 Å². The molecule has 1 heterocycles. The average molecular weight is 450 g/mol. The van der Waals surface area contributed by atoms with E-state index in [-0.39, 0.29) is 23.9 Å². The molecule has 170 valence electrons. The predicted octanol–water partition coefficient (Wildman–Crippen LogP) is 1.96. The zero-order valence-electron chi connectivity index (χ0n) is 17.7. The summed E-state index contributed by atoms with van der Waals surface area (Å²) in [5.41, 5.74) is 4.26. The van der Waals surface area contributed by atoms with Crippen molar-refractivity contribution in [2.45, 2.75) is 12.0 Å². The molecule has 0 radical (unpaired) electrons. The first-order chi connectivity index (χ1) is 15.9. The van der Waals surface area contributed by atoms with Crippen LogP contribution in [0.25, 0.3) is 11.1 Å². The monoisotopic (exact) mass is 450 g/mol. The van der Waals surface area contributed by atoms with E-state index in [9.17, 15) is 14.4 Å². The summed E-state index contributed by atoms with van der Waals surface area (Å²) in [6.45, 7) is -0.698. The number of nitrogens with zero attached hydrogens (tertiary/aromatic N) is 2. The molecule has 0 aliphatic heterocycles. The number of amides is 2. The number of hydrogen-bond acceptors (Lipinski definition) is 6. The lowest BCUT2D eigenvalue weighted by atomic mass is 9.98. The van der Waals surface area contributed by atoms with Gasteiger partial charge in [-0.25, -0.2) is 9.59 Å². The Hall–Kier alpha value is -4.18. The number of carboxylic acid groups (broad SMARTS) is 1. The maximum atomic E-state index is 12.5. The molecule has 1 aliphatic carbocycles. The van der Waals surface area contributed by atoms with Crippen LogP contribution in [0.1, 0.15) is 27.4 Å². The van der Waals surface area contributed by atoms with E-state index in [1.165, 1.54) is 10.9 Å². The van der Waals surface area contributed by atoms with Crippen molar-refractivity contribution in [3.05, 3.63) is 71.4 Å². The fraction of sp³-hybridized carbons (Fsp3) is 0.217. The molecular formula is C23H22N4O6. The molecule has 10 nitrogen and oxygen atoms in total. The van der Waals surface area contributed by atoms with Crippen molar-refractivity contribution in [2.24, 2.45) is 7.05 Å². The standard InChI is InChI=1S/C23H22N4O6/c1-27-10-17(21(29)24-19(11-28)22(30)31)20(26-27)25-23(32)33-12-18-15-8-4-2-6-13(15)14-7-3-5-9-16(14)18/h2-10,18-19,28H,11-12H2,1H3,(H,24,29)(H,30,31)(H,25,26,32)/t19-/m0/s1. The molecule has 0 unspecified atom stereocenters. The molecule has 1 aromatic heterocycles. The lowest BCUT2D eigenvalue weighted by Gasteiger charge is -2.14. The zero-order valence-corrected chi connectivity index (χ0v) is 17.7. The molecule has 0 bridgehead atoms. The highest BCUT2D eigenvalue weighted by atomic mass is 16.5. The Balaban J connectivity index is 1.45. The Morgan fingerprint density at radius 1 is 1.09 bits per heavy atom. The third-order valence-corrected chi connectivity index (χ3v) is 5.42. The maximum Gasteiger partial charge on any atom is 0.412 e. The van der Waals surface area contributed by atoms with Crippen molar-refractivity contribution in [1.82, 2.24) is 15.1 Å². The molecule has 1 atom stereocenters. The highest BCUT2D eigenvalue weighted by molar-refractivity contribution is 6.02. The maximum absolute atomic E-state index is 12.5. The van der Waals surface area contributed by atoms with Gasteiger partial charge >= 0.3 is 12.1 Å². The van der Waals surface area contributed by atoms with Crippen LogP contribution in [-0.4, -0.2) is 57.2 Å². The van der Waals surface area contributed by atoms with Gasteiger partial charge in [0.2, 0.25) is 0 Å². The minimum absolute atomic E-state index is 0.0642. The summed E-state index contributed by atoms with van der Waals surface area (Å²) < 4.78 is 6.76. The lowest BCUT2D eigenvalue weighted by Crippen LogP contribution is -2.43. The number of carbonyl (C=O) groups is 3. The topological polar surface area (TPSA) is 143 Å². The van der Waals surface area contributed by atoms with Gasteiger partial charge in [-0.1, -0.05) is 48.5 Å². The van der Waals surface area contributed by atoms with Crippen molar-refractivity contribution < 1.29 is 29.3 Å². The molecule has 0 saturated carbocycles. The Labute approximate surface area is 188 Å². The number of aromatic nitrogens is 2. The Bertz CT molecular complexity index is 1180. The van der Waals surface area contributed by atoms with Gasteiger partial charge in [-0.15, -0.1) is 0 Å². The molecule has 4 rings (SSSR count). The highest BCUT2D eigenvalue weighted by Crippen LogP contribution is 2.44. The molecule has 4 N–H and O–H groups in total. The van der Waals surface area contributed by atoms with Gasteiger partial charge in [0.05, 0.1) is 6.61 Å². The van der Waals surface area contributed by atoms with Gasteiger partial charge in [0.25, 0.3) is 5.91 Å². The average Bonchev–Trinajstić information content (AvgIpc) is 3.33. The smallest absolute Gasteiger partial charge is 0.412 e. The van der Waals surface area contributed by atoms with Crippen LogP contribution >= 0.6 is 0 Å². The number of carboxylic acids is 1. The van der Waals surface area contributed by atoms with Crippen LogP contribution in [0.5, 0.6) is 0 Å². The second-order valence-electron chi connectivity index (χ2n) is 7.56. The van der Waals surface area contributed by atoms with Crippen LogP contribution in [-0.2, 0) is 16.6 Å². The molecule has 2 aromatic carbocycles. The van der Waals surface area contributed by atoms with E-state index in [0.717, 1.165) is 22.3 Å². The lowest BCUT2D eigenvalue weighted by molar-refractivity contribution is -0.140. The quantitative estimate of drug-likeness (QED) is 0.431. The first kappa shape index (κ1) is 22.0. The van der Waals surface area contributed by atoms with Crippen molar-refractivity contribution >= 4 is 23.8 Å². The number of aliphatic hydroxyl groups excluding tert-OH is 1. The molecular weight excluding hydrogens is 428 g/mol. The van der Waals surface area contributed by atoms with Crippen LogP contribution in [0, 0.1) is 0 Å². The van der Waals surface area contributed by atoms with E-state index < -0.39 is 30.6 Å². The van der Waals surface area contributed by atoms with E-state index in [4.69, 9.17) is 14.9 Å². The third-order valence-electron chi connectivity index (χ3n) is 5.42. The van der Waals surface area contributed by atoms with Gasteiger partial charge in [-0.2, -0.15) is 5.10 Å². The van der Waals surface area contributed by atoms with Crippen molar-refractivity contribution in [3.8, 4) is 11.1 Å². The minimum atomic E-state index is -1.49. The summed E-state index contributed by atoms with van der Waals surface area (Å²) >= 11 is 0. The number of anilines is 1. The number of nitrogens with one attached hydrogen (secondary N) is 2. The van der Waals surface area contributed by atoms with Crippen LogP contribution in [0.3, 0.4) is 0 Å². The number of aryl methyl sites for hydroxylation is 1. The Morgan fingerprint density at radius 3 is 2.27 bits per heavy atom. The molecule has 0 spiro atoms. The van der Waals surface area contributed by atoms with Crippen molar-refractivity contribution in [2.75, 3.05) is 18.5 Å². The summed E-state index contributed by atoms with van der Waals surface area (Å²) in [4.78, 5) is 36.0. The van der Waals surface area contributed by atoms with Crippen LogP contribution in [0.2, 0.25) is 0 Å². The molecule has 10 heteroatoms. The predicted molar refractivity (Wildman–Crippen MR) is 118 cm³/mol. The summed E-state index contributed by atoms with van der Waals surface area (Å²) in [6.07, 6.45) is 0.520. The summed E-state index contributed by atoms with van der Waals surface area (Å²) in [6, 6.07) is 14.4. The number of ether oxygens (including phenoxy) is 1. The van der Waals surface area contributed by atoms with Gasteiger partial charge in [0.15, 0.2) is 11.9 Å². The minimum Gasteiger partial charge on any atom is -0.480 e. The van der Waals surface area contributed by atoms with E-state index in [1.807, 2.05) is 48.5 Å². The van der Waals surface area contributed by atoms with Gasteiger partial charge < -0.3 is 20.3 Å². The van der Waals surface area contributed by atoms with E-state index >= 15 is 0 Å². The van der Waals surface area contributed by atoms with Crippen molar-refractivity contribution in [1.29, 1.82) is 0 Å². The number of hydrogen-bond donors (Lipinski definition) is 4. The molecule has 0 fully saturated rings. The molecule has 0 saturated heterocycles. The van der Waals surface area contributed by atoms with E-state index in [0.29, 0.717) is 0 Å². The fourth-order valence-corrected chi connectivity index (χ4v) is 3.90. The first-order valence-corrected chi connectivity index (χ1v) is 10.2. The second kappa shape index (κ2) is 9.13. The normalized spacial score (nSPS) is 13.0. The Morgan fingerprint density at radius 2 is 1.70 bits per heavy atom. The number of aliphatic hydroxyl groups is 1. The second-order valence-corrected chi connectivity index (χ2v) is 7.56. The molecule has 33 heavy (non-hydrogen) atoms. The van der Waals surface area contributed by atoms with E-state index in [1.54, 1.807) is 7.05 Å². The number of fused-ring (bicyclic) bond motifs is 3. The molecule has 2 amide bonds. The zero-order chi connectivity index (χ0) is 23.5. The number of carbonyl (C=O) groups excluding carboxylic acids is 2. The fourth-order valence-electron chi connectivity index (χ4n) is 3.90. The third kappa shape index (κ3) is 4.41. The number of aliphatic carboxylic acids is 1. The van der Waals surface area contributed by atoms with Gasteiger partial charge in [-0.3, -0.25) is 14.8 Å². The summed E-state index contributed by atoms with van der Waals surface area (Å²) in [5, 5.41) is 26.8. The molecule has 1 aliphatic rings. The van der Waals surface area contributed by atoms with Gasteiger partial charge in [0.1, 0.15) is 12.2 Å². The molecule has 3 aromatic rings. The summed E-state index contributed by atoms with van der Waals surface area (Å²) in [5.74, 6) is -2.41. The SMILES string of the molecule is Cn1cc(C(=O)N[C@@H](CO)C(=O)O)c(NC(=O)OCC2c3ccccc3-c3ccccc32)n1. The number of rotatable bonds is 7. The Kier molecular flexibility index (Phi) is 6.09. The first-order valence-electron chi connectivity index (χ1n) is 10.2. The summed E-state index contributed by atoms with van der Waals surface area (Å²) in [7, 11) is 1.54. The van der Waals surface area contributed by atoms with E-state index in [2.05, 4.69) is 15.7 Å². The van der Waals surface area contributed by atoms with Crippen LogP contribution < -0.4 is 10.6 Å². The van der Waals surface area contributed by atoms with Crippen molar-refractivity contribution in [3.63, 3.8) is 0 Å². The number of benzene rings is 2. The highest BCUT2D eigenvalue weighted by Gasteiger charge is 2.29. The van der Waals surface area contributed by atoms with Gasteiger partial charge in [-0.05, 0) is 22.3 Å². The van der Waals surface area contributed by atoms with Gasteiger partial charge in [0, 0.05) is 19.2 Å².